The number of aryl methyl sites for hydroxylation is 1. The van der Waals surface area contributed by atoms with Gasteiger partial charge >= 0.3 is 0 Å². The molecule has 5 nitrogen and oxygen atoms in total. The molecule has 2 rings (SSSR count). The van der Waals surface area contributed by atoms with Crippen molar-refractivity contribution in [2.24, 2.45) is 12.8 Å². The number of nitrogens with two attached hydrogens (primary N) is 1. The van der Waals surface area contributed by atoms with Gasteiger partial charge in [0.05, 0.1) is 24.3 Å². The Bertz CT molecular complexity index is 373. The van der Waals surface area contributed by atoms with Gasteiger partial charge in [-0.1, -0.05) is 0 Å². The molecule has 15 heavy (non-hydrogen) atoms. The van der Waals surface area contributed by atoms with Crippen molar-refractivity contribution in [2.75, 3.05) is 7.05 Å². The largest absolute Gasteiger partial charge is 0.336 e. The number of nitrogens with zero attached hydrogens (tertiary/aromatic N) is 3. The third-order valence-corrected chi connectivity index (χ3v) is 3.06. The molecule has 1 amide bonds. The van der Waals surface area contributed by atoms with Gasteiger partial charge in [0.25, 0.3) is 0 Å². The quantitative estimate of drug-likeness (QED) is 0.708. The van der Waals surface area contributed by atoms with Crippen LogP contribution in [-0.4, -0.2) is 33.4 Å². The van der Waals surface area contributed by atoms with E-state index in [1.165, 1.54) is 0 Å². The number of carbonyl (C=O) groups excluding carboxylic acids is 1. The summed E-state index contributed by atoms with van der Waals surface area (Å²) >= 11 is 0. The monoisotopic (exact) mass is 208 g/mol. The van der Waals surface area contributed by atoms with Gasteiger partial charge in [-0.3, -0.25) is 4.79 Å². The van der Waals surface area contributed by atoms with Crippen molar-refractivity contribution in [2.45, 2.75) is 24.9 Å². The van der Waals surface area contributed by atoms with Crippen LogP contribution >= 0.6 is 0 Å². The summed E-state index contributed by atoms with van der Waals surface area (Å²) in [4.78, 5) is 17.4. The van der Waals surface area contributed by atoms with Crippen LogP contribution < -0.4 is 5.73 Å². The lowest BCUT2D eigenvalue weighted by atomic mass is 9.95. The van der Waals surface area contributed by atoms with Crippen molar-refractivity contribution in [1.82, 2.24) is 14.5 Å². The van der Waals surface area contributed by atoms with Crippen molar-refractivity contribution in [3.63, 3.8) is 0 Å². The zero-order valence-electron chi connectivity index (χ0n) is 9.05. The molecule has 1 aromatic rings. The van der Waals surface area contributed by atoms with Crippen LogP contribution in [0.25, 0.3) is 0 Å². The molecule has 1 fully saturated rings. The van der Waals surface area contributed by atoms with Crippen LogP contribution in [0.1, 0.15) is 24.6 Å². The third-order valence-electron chi connectivity index (χ3n) is 3.06. The summed E-state index contributed by atoms with van der Waals surface area (Å²) in [6.45, 7) is 0. The first-order valence-corrected chi connectivity index (χ1v) is 5.08. The van der Waals surface area contributed by atoms with Gasteiger partial charge < -0.3 is 15.2 Å². The SMILES string of the molecule is CN1C(=O)CC[C@@H](N)[C@H]1c1cncn1C. The van der Waals surface area contributed by atoms with Crippen molar-refractivity contribution in [3.05, 3.63) is 18.2 Å². The van der Waals surface area contributed by atoms with Crippen LogP contribution in [0.5, 0.6) is 0 Å². The second-order valence-electron chi connectivity index (χ2n) is 4.08. The van der Waals surface area contributed by atoms with Crippen molar-refractivity contribution >= 4 is 5.91 Å². The molecule has 82 valence electrons. The zero-order chi connectivity index (χ0) is 11.0. The topological polar surface area (TPSA) is 64.2 Å². The molecule has 1 aromatic heterocycles. The van der Waals surface area contributed by atoms with E-state index in [-0.39, 0.29) is 18.0 Å². The van der Waals surface area contributed by atoms with Gasteiger partial charge in [0.1, 0.15) is 0 Å². The average molecular weight is 208 g/mol. The maximum absolute atomic E-state index is 11.6. The van der Waals surface area contributed by atoms with E-state index >= 15 is 0 Å². The Kier molecular flexibility index (Phi) is 2.48. The molecule has 1 aliphatic rings. The molecule has 0 spiro atoms. The fourth-order valence-corrected chi connectivity index (χ4v) is 2.14. The summed E-state index contributed by atoms with van der Waals surface area (Å²) in [5.41, 5.74) is 7.05. The highest BCUT2D eigenvalue weighted by Gasteiger charge is 2.33. The maximum Gasteiger partial charge on any atom is 0.222 e. The lowest BCUT2D eigenvalue weighted by molar-refractivity contribution is -0.135. The van der Waals surface area contributed by atoms with E-state index in [0.717, 1.165) is 12.1 Å². The number of rotatable bonds is 1. The van der Waals surface area contributed by atoms with Crippen molar-refractivity contribution in [1.29, 1.82) is 0 Å². The normalized spacial score (nSPS) is 27.1. The fraction of sp³-hybridized carbons (Fsp3) is 0.600. The Morgan fingerprint density at radius 1 is 1.53 bits per heavy atom. The van der Waals surface area contributed by atoms with Gasteiger partial charge in [-0.15, -0.1) is 0 Å². The third kappa shape index (κ3) is 1.63. The van der Waals surface area contributed by atoms with Crippen LogP contribution in [0.3, 0.4) is 0 Å². The number of amides is 1. The Balaban J connectivity index is 2.33. The predicted molar refractivity (Wildman–Crippen MR) is 55.9 cm³/mol. The first-order valence-electron chi connectivity index (χ1n) is 5.08. The summed E-state index contributed by atoms with van der Waals surface area (Å²) in [5, 5.41) is 0. The van der Waals surface area contributed by atoms with E-state index in [1.54, 1.807) is 24.5 Å². The van der Waals surface area contributed by atoms with E-state index in [9.17, 15) is 4.79 Å². The van der Waals surface area contributed by atoms with Crippen LogP contribution in [-0.2, 0) is 11.8 Å². The number of imidazole rings is 1. The minimum atomic E-state index is -0.0428. The lowest BCUT2D eigenvalue weighted by Crippen LogP contribution is -2.47. The molecule has 1 saturated heterocycles. The second kappa shape index (κ2) is 3.66. The lowest BCUT2D eigenvalue weighted by Gasteiger charge is -2.37. The van der Waals surface area contributed by atoms with Gasteiger partial charge in [0.15, 0.2) is 0 Å². The molecular formula is C10H16N4O. The minimum absolute atomic E-state index is 0.00287. The first kappa shape index (κ1) is 10.2. The Morgan fingerprint density at radius 3 is 2.87 bits per heavy atom. The molecule has 0 radical (unpaired) electrons. The summed E-state index contributed by atoms with van der Waals surface area (Å²) in [6, 6.07) is -0.0400. The number of piperidine rings is 1. The molecule has 0 aromatic carbocycles. The summed E-state index contributed by atoms with van der Waals surface area (Å²) < 4.78 is 1.92. The molecule has 1 aliphatic heterocycles. The Morgan fingerprint density at radius 2 is 2.27 bits per heavy atom. The van der Waals surface area contributed by atoms with E-state index in [2.05, 4.69) is 4.98 Å². The van der Waals surface area contributed by atoms with Gasteiger partial charge in [-0.2, -0.15) is 0 Å². The smallest absolute Gasteiger partial charge is 0.222 e. The fourth-order valence-electron chi connectivity index (χ4n) is 2.14. The van der Waals surface area contributed by atoms with Crippen LogP contribution in [0.15, 0.2) is 12.5 Å². The zero-order valence-corrected chi connectivity index (χ0v) is 9.05. The van der Waals surface area contributed by atoms with E-state index in [4.69, 9.17) is 5.73 Å². The van der Waals surface area contributed by atoms with E-state index in [0.29, 0.717) is 6.42 Å². The van der Waals surface area contributed by atoms with E-state index in [1.807, 2.05) is 11.6 Å². The van der Waals surface area contributed by atoms with E-state index < -0.39 is 0 Å². The minimum Gasteiger partial charge on any atom is -0.336 e. The van der Waals surface area contributed by atoms with Gasteiger partial charge in [0.2, 0.25) is 5.91 Å². The number of hydrogen-bond acceptors (Lipinski definition) is 3. The van der Waals surface area contributed by atoms with Crippen molar-refractivity contribution in [3.8, 4) is 0 Å². The highest BCUT2D eigenvalue weighted by Crippen LogP contribution is 2.28. The number of aromatic nitrogens is 2. The number of likely N-dealkylation sites (N-methyl/N-ethyl adjacent to an activating group) is 1. The van der Waals surface area contributed by atoms with Crippen LogP contribution in [0, 0.1) is 0 Å². The summed E-state index contributed by atoms with van der Waals surface area (Å²) in [7, 11) is 3.72. The Hall–Kier alpha value is -1.36. The number of likely N-dealkylation sites (tertiary alicyclic amines) is 1. The summed E-state index contributed by atoms with van der Waals surface area (Å²) in [6.07, 6.45) is 4.81. The van der Waals surface area contributed by atoms with Gasteiger partial charge in [-0.25, -0.2) is 4.98 Å². The predicted octanol–water partition coefficient (Wildman–Crippen LogP) is 0.0407. The van der Waals surface area contributed by atoms with Crippen LogP contribution in [0.4, 0.5) is 0 Å². The standard InChI is InChI=1S/C10H16N4O/c1-13-6-12-5-8(13)10-7(11)3-4-9(15)14(10)2/h5-7,10H,3-4,11H2,1-2H3/t7-,10+/m1/s1. The van der Waals surface area contributed by atoms with Crippen LogP contribution in [0.2, 0.25) is 0 Å². The highest BCUT2D eigenvalue weighted by atomic mass is 16.2. The van der Waals surface area contributed by atoms with Gasteiger partial charge in [0, 0.05) is 26.6 Å². The molecule has 5 heteroatoms. The summed E-state index contributed by atoms with van der Waals surface area (Å²) in [5.74, 6) is 0.155. The number of carbonyl (C=O) groups is 1. The number of hydrogen-bond donors (Lipinski definition) is 1. The molecule has 0 bridgehead atoms. The Labute approximate surface area is 88.9 Å². The van der Waals surface area contributed by atoms with Crippen molar-refractivity contribution < 1.29 is 4.79 Å². The molecule has 0 unspecified atom stereocenters. The molecule has 0 saturated carbocycles. The first-order chi connectivity index (χ1) is 7.11. The molecule has 2 atom stereocenters. The molecule has 2 heterocycles. The average Bonchev–Trinajstić information content (AvgIpc) is 2.60. The van der Waals surface area contributed by atoms with Gasteiger partial charge in [-0.05, 0) is 6.42 Å². The highest BCUT2D eigenvalue weighted by molar-refractivity contribution is 5.77. The molecule has 2 N–H and O–H groups in total. The molecular weight excluding hydrogens is 192 g/mol. The molecule has 0 aliphatic carbocycles. The second-order valence-corrected chi connectivity index (χ2v) is 4.08. The maximum atomic E-state index is 11.6.